The Labute approximate surface area is 167 Å². The van der Waals surface area contributed by atoms with E-state index in [1.54, 1.807) is 0 Å². The van der Waals surface area contributed by atoms with Crippen LogP contribution >= 0.6 is 11.6 Å². The van der Waals surface area contributed by atoms with Crippen LogP contribution in [0.1, 0.15) is 5.56 Å². The van der Waals surface area contributed by atoms with Gasteiger partial charge in [-0.3, -0.25) is 0 Å². The summed E-state index contributed by atoms with van der Waals surface area (Å²) in [5, 5.41) is 6.80. The second-order valence-corrected chi connectivity index (χ2v) is 8.71. The van der Waals surface area contributed by atoms with Gasteiger partial charge in [-0.2, -0.15) is 17.7 Å². The van der Waals surface area contributed by atoms with Crippen LogP contribution in [0.5, 0.6) is 0 Å². The smallest absolute Gasteiger partial charge is 0.474 e. The Morgan fingerprint density at radius 1 is 1.46 bits per heavy atom. The average Bonchev–Trinajstić information content (AvgIpc) is 3.13. The van der Waals surface area contributed by atoms with Crippen LogP contribution in [0.4, 0.5) is 9.18 Å². The van der Waals surface area contributed by atoms with Gasteiger partial charge in [0.1, 0.15) is 12.1 Å². The SMILES string of the molecule is COC(=O)N(/N=C/c1ccc(F)cc1Cl)[S+]([O-])c1ncn(S(=O)(=O)N(C)C)n1. The van der Waals surface area contributed by atoms with Crippen LogP contribution in [-0.2, 0) is 26.3 Å². The Kier molecular flexibility index (Phi) is 6.95. The molecule has 0 saturated carbocycles. The normalized spacial score (nSPS) is 13.1. The molecule has 1 aromatic heterocycles. The summed E-state index contributed by atoms with van der Waals surface area (Å²) in [6.45, 7) is 0. The van der Waals surface area contributed by atoms with Crippen molar-refractivity contribution in [3.63, 3.8) is 0 Å². The van der Waals surface area contributed by atoms with Gasteiger partial charge in [0.2, 0.25) is 0 Å². The van der Waals surface area contributed by atoms with Crippen molar-refractivity contribution in [3.05, 3.63) is 40.9 Å². The summed E-state index contributed by atoms with van der Waals surface area (Å²) in [5.74, 6) is -0.576. The molecule has 0 aliphatic carbocycles. The summed E-state index contributed by atoms with van der Waals surface area (Å²) in [7, 11) is -0.429. The van der Waals surface area contributed by atoms with Crippen LogP contribution in [0.25, 0.3) is 0 Å². The third-order valence-corrected chi connectivity index (χ3v) is 6.01. The largest absolute Gasteiger partial charge is 0.583 e. The van der Waals surface area contributed by atoms with Gasteiger partial charge in [-0.25, -0.2) is 9.18 Å². The molecule has 1 unspecified atom stereocenters. The molecule has 0 aliphatic rings. The lowest BCUT2D eigenvalue weighted by Crippen LogP contribution is -2.34. The molecule has 1 atom stereocenters. The number of nitrogens with zero attached hydrogens (tertiary/aromatic N) is 6. The second kappa shape index (κ2) is 8.83. The topological polar surface area (TPSA) is 133 Å². The maximum Gasteiger partial charge on any atom is 0.474 e. The van der Waals surface area contributed by atoms with E-state index in [-0.39, 0.29) is 10.6 Å². The number of hydrogen-bond donors (Lipinski definition) is 0. The molecule has 0 N–H and O–H groups in total. The standard InChI is InChI=1S/C13H14ClFN6O5S2/c1-19(2)28(24,25)20-8-16-12(18-20)27(23)21(13(22)26-3)17-7-9-4-5-10(15)6-11(9)14/h4-8H,1-3H3/b17-7+. The van der Waals surface area contributed by atoms with Crippen LogP contribution < -0.4 is 0 Å². The first kappa shape index (κ1) is 22.0. The molecule has 0 spiro atoms. The van der Waals surface area contributed by atoms with Gasteiger partial charge in [-0.15, -0.1) is 9.19 Å². The van der Waals surface area contributed by atoms with Crippen LogP contribution in [0.15, 0.2) is 34.8 Å². The van der Waals surface area contributed by atoms with Crippen molar-refractivity contribution in [2.24, 2.45) is 5.10 Å². The minimum atomic E-state index is -3.99. The molecule has 1 amide bonds. The van der Waals surface area contributed by atoms with Crippen LogP contribution in [-0.4, -0.2) is 69.4 Å². The number of methoxy groups -OCH3 is 1. The van der Waals surface area contributed by atoms with Crippen molar-refractivity contribution in [1.29, 1.82) is 0 Å². The number of hydrazone groups is 1. The predicted octanol–water partition coefficient (Wildman–Crippen LogP) is 0.850. The van der Waals surface area contributed by atoms with E-state index in [0.29, 0.717) is 8.50 Å². The lowest BCUT2D eigenvalue weighted by atomic mass is 10.2. The number of hydrogen-bond acceptors (Lipinski definition) is 8. The first-order chi connectivity index (χ1) is 13.1. The molecule has 15 heteroatoms. The number of halogens is 2. The van der Waals surface area contributed by atoms with Gasteiger partial charge in [-0.05, 0) is 18.2 Å². The predicted molar refractivity (Wildman–Crippen MR) is 97.7 cm³/mol. The molecule has 11 nitrogen and oxygen atoms in total. The molecule has 28 heavy (non-hydrogen) atoms. The fraction of sp³-hybridized carbons (Fsp3) is 0.231. The summed E-state index contributed by atoms with van der Waals surface area (Å²) in [4.78, 5) is 15.5. The second-order valence-electron chi connectivity index (χ2n) is 5.09. The molecular weight excluding hydrogens is 439 g/mol. The summed E-state index contributed by atoms with van der Waals surface area (Å²) in [6.07, 6.45) is 0.725. The van der Waals surface area contributed by atoms with Crippen molar-refractivity contribution in [3.8, 4) is 0 Å². The van der Waals surface area contributed by atoms with Crippen LogP contribution in [0, 0.1) is 5.82 Å². The van der Waals surface area contributed by atoms with E-state index >= 15 is 0 Å². The number of carbonyl (C=O) groups is 1. The van der Waals surface area contributed by atoms with Crippen molar-refractivity contribution in [2.45, 2.75) is 5.16 Å². The number of ether oxygens (including phenoxy) is 1. The lowest BCUT2D eigenvalue weighted by Gasteiger charge is -2.14. The Bertz CT molecular complexity index is 999. The van der Waals surface area contributed by atoms with Gasteiger partial charge >= 0.3 is 21.5 Å². The van der Waals surface area contributed by atoms with Gasteiger partial charge in [0.25, 0.3) is 0 Å². The van der Waals surface area contributed by atoms with E-state index in [2.05, 4.69) is 19.9 Å². The highest BCUT2D eigenvalue weighted by atomic mass is 35.5. The molecule has 2 aromatic rings. The minimum absolute atomic E-state index is 0.00109. The fourth-order valence-electron chi connectivity index (χ4n) is 1.63. The average molecular weight is 453 g/mol. The number of carbonyl (C=O) groups excluding carboxylic acids is 1. The summed E-state index contributed by atoms with van der Waals surface area (Å²) < 4.78 is 55.9. The fourth-order valence-corrected chi connectivity index (χ4v) is 3.37. The van der Waals surface area contributed by atoms with Crippen molar-refractivity contribution in [2.75, 3.05) is 21.2 Å². The Morgan fingerprint density at radius 3 is 2.71 bits per heavy atom. The number of rotatable bonds is 6. The third kappa shape index (κ3) is 4.77. The van der Waals surface area contributed by atoms with E-state index in [4.69, 9.17) is 11.6 Å². The van der Waals surface area contributed by atoms with Crippen molar-refractivity contribution < 1.29 is 26.9 Å². The van der Waals surface area contributed by atoms with Gasteiger partial charge in [-0.1, -0.05) is 16.7 Å². The highest BCUT2D eigenvalue weighted by Crippen LogP contribution is 2.17. The van der Waals surface area contributed by atoms with E-state index in [9.17, 15) is 22.2 Å². The minimum Gasteiger partial charge on any atom is -0.583 e. The van der Waals surface area contributed by atoms with Gasteiger partial charge < -0.3 is 9.29 Å². The van der Waals surface area contributed by atoms with Crippen LogP contribution in [0.2, 0.25) is 5.02 Å². The number of amides is 1. The monoisotopic (exact) mass is 452 g/mol. The maximum atomic E-state index is 13.1. The molecule has 0 fully saturated rings. The van der Waals surface area contributed by atoms with Crippen molar-refractivity contribution in [1.82, 2.24) is 22.9 Å². The zero-order chi connectivity index (χ0) is 21.1. The van der Waals surface area contributed by atoms with Crippen LogP contribution in [0.3, 0.4) is 0 Å². The van der Waals surface area contributed by atoms with E-state index in [1.807, 2.05) is 0 Å². The quantitative estimate of drug-likeness (QED) is 0.360. The first-order valence-electron chi connectivity index (χ1n) is 7.21. The highest BCUT2D eigenvalue weighted by molar-refractivity contribution is 7.89. The molecule has 0 radical (unpaired) electrons. The molecule has 152 valence electrons. The lowest BCUT2D eigenvalue weighted by molar-refractivity contribution is 0.150. The third-order valence-electron chi connectivity index (χ3n) is 3.06. The molecule has 0 aliphatic heterocycles. The highest BCUT2D eigenvalue weighted by Gasteiger charge is 2.34. The van der Waals surface area contributed by atoms with Gasteiger partial charge in [0.15, 0.2) is 11.4 Å². The molecule has 1 aromatic carbocycles. The van der Waals surface area contributed by atoms with E-state index < -0.39 is 38.6 Å². The number of aromatic nitrogens is 3. The van der Waals surface area contributed by atoms with Gasteiger partial charge in [0.05, 0.1) is 18.3 Å². The molecule has 0 bridgehead atoms. The molecule has 2 rings (SSSR count). The van der Waals surface area contributed by atoms with Gasteiger partial charge in [0, 0.05) is 24.1 Å². The molecular formula is C13H14ClFN6O5S2. The zero-order valence-corrected chi connectivity index (χ0v) is 17.1. The van der Waals surface area contributed by atoms with E-state index in [0.717, 1.165) is 36.1 Å². The Balaban J connectivity index is 2.34. The number of benzene rings is 1. The summed E-state index contributed by atoms with van der Waals surface area (Å²) in [5.41, 5.74) is 0.225. The summed E-state index contributed by atoms with van der Waals surface area (Å²) in [6, 6.07) is 3.43. The summed E-state index contributed by atoms with van der Waals surface area (Å²) >= 11 is 3.42. The Hall–Kier alpha value is -2.26. The first-order valence-corrected chi connectivity index (χ1v) is 10.1. The molecule has 0 saturated heterocycles. The molecule has 1 heterocycles. The zero-order valence-electron chi connectivity index (χ0n) is 14.7. The van der Waals surface area contributed by atoms with Crippen molar-refractivity contribution >= 4 is 45.5 Å². The Morgan fingerprint density at radius 2 is 2.14 bits per heavy atom. The van der Waals surface area contributed by atoms with E-state index in [1.165, 1.54) is 20.2 Å². The maximum absolute atomic E-state index is 13.1.